The first-order valence-electron chi connectivity index (χ1n) is 5.17. The van der Waals surface area contributed by atoms with Crippen LogP contribution in [-0.2, 0) is 4.74 Å². The number of nitrogens with one attached hydrogen (secondary N) is 1. The molecule has 2 N–H and O–H groups in total. The molecule has 1 rings (SSSR count). The lowest BCUT2D eigenvalue weighted by Gasteiger charge is -2.40. The zero-order valence-corrected chi connectivity index (χ0v) is 8.68. The molecule has 0 aromatic heterocycles. The number of aliphatic hydroxyl groups is 1. The van der Waals surface area contributed by atoms with Crippen LogP contribution in [0.15, 0.2) is 0 Å². The monoisotopic (exact) mass is 187 g/mol. The molecule has 1 unspecified atom stereocenters. The van der Waals surface area contributed by atoms with E-state index in [2.05, 4.69) is 12.2 Å². The molecule has 0 amide bonds. The van der Waals surface area contributed by atoms with Crippen molar-refractivity contribution in [1.82, 2.24) is 5.32 Å². The molecule has 1 aliphatic carbocycles. The molecule has 0 radical (unpaired) electrons. The van der Waals surface area contributed by atoms with Gasteiger partial charge < -0.3 is 15.2 Å². The average molecular weight is 187 g/mol. The molecule has 0 aromatic rings. The Hall–Kier alpha value is -0.120. The van der Waals surface area contributed by atoms with Crippen LogP contribution in [0.2, 0.25) is 0 Å². The third-order valence-electron chi connectivity index (χ3n) is 2.74. The van der Waals surface area contributed by atoms with Crippen LogP contribution in [0, 0.1) is 0 Å². The summed E-state index contributed by atoms with van der Waals surface area (Å²) in [6.07, 6.45) is 3.41. The van der Waals surface area contributed by atoms with Gasteiger partial charge in [0.15, 0.2) is 0 Å². The highest BCUT2D eigenvalue weighted by atomic mass is 16.5. The zero-order chi connectivity index (χ0) is 9.73. The van der Waals surface area contributed by atoms with Crippen LogP contribution in [-0.4, -0.2) is 36.5 Å². The topological polar surface area (TPSA) is 41.5 Å². The van der Waals surface area contributed by atoms with E-state index in [4.69, 9.17) is 4.74 Å². The molecule has 78 valence electrons. The van der Waals surface area contributed by atoms with Crippen LogP contribution >= 0.6 is 0 Å². The Balaban J connectivity index is 2.03. The lowest BCUT2D eigenvalue weighted by molar-refractivity contribution is 0.0344. The molecule has 0 heterocycles. The molecule has 13 heavy (non-hydrogen) atoms. The summed E-state index contributed by atoms with van der Waals surface area (Å²) in [7, 11) is 0. The first kappa shape index (κ1) is 11.0. The van der Waals surface area contributed by atoms with E-state index in [9.17, 15) is 5.11 Å². The molecule has 0 saturated heterocycles. The lowest BCUT2D eigenvalue weighted by Crippen LogP contribution is -2.51. The van der Waals surface area contributed by atoms with Gasteiger partial charge in [0.1, 0.15) is 0 Å². The fourth-order valence-electron chi connectivity index (χ4n) is 1.56. The zero-order valence-electron chi connectivity index (χ0n) is 8.68. The van der Waals surface area contributed by atoms with Crippen molar-refractivity contribution in [3.8, 4) is 0 Å². The highest BCUT2D eigenvalue weighted by molar-refractivity contribution is 4.91. The normalized spacial score (nSPS) is 22.4. The van der Waals surface area contributed by atoms with Crippen LogP contribution in [0.4, 0.5) is 0 Å². The minimum absolute atomic E-state index is 0.285. The van der Waals surface area contributed by atoms with Crippen LogP contribution < -0.4 is 5.32 Å². The van der Waals surface area contributed by atoms with Crippen molar-refractivity contribution in [2.24, 2.45) is 0 Å². The standard InChI is InChI=1S/C10H21NO2/c1-3-13-8-9(12)7-11-10(2)5-4-6-10/h9,11-12H,3-8H2,1-2H3. The van der Waals surface area contributed by atoms with Gasteiger partial charge in [0.05, 0.1) is 12.7 Å². The van der Waals surface area contributed by atoms with Crippen molar-refractivity contribution in [2.45, 2.75) is 44.8 Å². The second-order valence-corrected chi connectivity index (χ2v) is 4.11. The van der Waals surface area contributed by atoms with E-state index in [0.29, 0.717) is 19.8 Å². The van der Waals surface area contributed by atoms with Gasteiger partial charge in [-0.3, -0.25) is 0 Å². The number of rotatable bonds is 6. The summed E-state index contributed by atoms with van der Waals surface area (Å²) in [6.45, 7) is 5.92. The number of β-amino-alcohol motifs (C(OH)–C–C–N with tert-alkyl or cyclic N) is 1. The van der Waals surface area contributed by atoms with Gasteiger partial charge in [0, 0.05) is 18.7 Å². The van der Waals surface area contributed by atoms with E-state index in [1.54, 1.807) is 0 Å². The number of ether oxygens (including phenoxy) is 1. The van der Waals surface area contributed by atoms with Crippen molar-refractivity contribution in [2.75, 3.05) is 19.8 Å². The number of hydrogen-bond donors (Lipinski definition) is 2. The molecule has 1 fully saturated rings. The predicted molar refractivity (Wildman–Crippen MR) is 52.8 cm³/mol. The first-order valence-corrected chi connectivity index (χ1v) is 5.17. The van der Waals surface area contributed by atoms with Gasteiger partial charge in [-0.15, -0.1) is 0 Å². The maximum Gasteiger partial charge on any atom is 0.0897 e. The van der Waals surface area contributed by atoms with Gasteiger partial charge in [-0.2, -0.15) is 0 Å². The van der Waals surface area contributed by atoms with Crippen LogP contribution in [0.25, 0.3) is 0 Å². The van der Waals surface area contributed by atoms with Crippen LogP contribution in [0.3, 0.4) is 0 Å². The third kappa shape index (κ3) is 3.63. The molecular formula is C10H21NO2. The van der Waals surface area contributed by atoms with Gasteiger partial charge in [0.25, 0.3) is 0 Å². The average Bonchev–Trinajstić information content (AvgIpc) is 2.08. The molecule has 0 aliphatic heterocycles. The molecule has 1 aliphatic rings. The highest BCUT2D eigenvalue weighted by Gasteiger charge is 2.31. The van der Waals surface area contributed by atoms with E-state index in [0.717, 1.165) is 0 Å². The molecular weight excluding hydrogens is 166 g/mol. The highest BCUT2D eigenvalue weighted by Crippen LogP contribution is 2.30. The van der Waals surface area contributed by atoms with Gasteiger partial charge >= 0.3 is 0 Å². The minimum Gasteiger partial charge on any atom is -0.389 e. The summed E-state index contributed by atoms with van der Waals surface area (Å²) >= 11 is 0. The van der Waals surface area contributed by atoms with Gasteiger partial charge in [-0.1, -0.05) is 0 Å². The Kier molecular flexibility index (Phi) is 4.16. The molecule has 0 aromatic carbocycles. The van der Waals surface area contributed by atoms with E-state index < -0.39 is 0 Å². The van der Waals surface area contributed by atoms with Crippen LogP contribution in [0.1, 0.15) is 33.1 Å². The molecule has 1 atom stereocenters. The Bertz CT molecular complexity index is 146. The largest absolute Gasteiger partial charge is 0.389 e. The second kappa shape index (κ2) is 4.94. The van der Waals surface area contributed by atoms with Crippen LogP contribution in [0.5, 0.6) is 0 Å². The quantitative estimate of drug-likeness (QED) is 0.649. The Morgan fingerprint density at radius 1 is 1.54 bits per heavy atom. The van der Waals surface area contributed by atoms with Gasteiger partial charge in [0.2, 0.25) is 0 Å². The Labute approximate surface area is 80.5 Å². The first-order chi connectivity index (χ1) is 6.16. The summed E-state index contributed by atoms with van der Waals surface area (Å²) in [5.41, 5.74) is 0.285. The van der Waals surface area contributed by atoms with E-state index in [1.807, 2.05) is 6.92 Å². The Morgan fingerprint density at radius 3 is 2.69 bits per heavy atom. The maximum atomic E-state index is 9.48. The van der Waals surface area contributed by atoms with E-state index in [-0.39, 0.29) is 11.6 Å². The fraction of sp³-hybridized carbons (Fsp3) is 1.00. The summed E-state index contributed by atoms with van der Waals surface area (Å²) in [6, 6.07) is 0. The molecule has 1 saturated carbocycles. The summed E-state index contributed by atoms with van der Waals surface area (Å²) < 4.78 is 5.12. The van der Waals surface area contributed by atoms with E-state index >= 15 is 0 Å². The van der Waals surface area contributed by atoms with Crippen molar-refractivity contribution in [1.29, 1.82) is 0 Å². The Morgan fingerprint density at radius 2 is 2.23 bits per heavy atom. The third-order valence-corrected chi connectivity index (χ3v) is 2.74. The second-order valence-electron chi connectivity index (χ2n) is 4.11. The smallest absolute Gasteiger partial charge is 0.0897 e. The summed E-state index contributed by atoms with van der Waals surface area (Å²) in [5.74, 6) is 0. The van der Waals surface area contributed by atoms with Crippen molar-refractivity contribution in [3.05, 3.63) is 0 Å². The predicted octanol–water partition coefficient (Wildman–Crippen LogP) is 0.916. The van der Waals surface area contributed by atoms with Crippen molar-refractivity contribution in [3.63, 3.8) is 0 Å². The van der Waals surface area contributed by atoms with Crippen molar-refractivity contribution >= 4 is 0 Å². The minimum atomic E-state index is -0.364. The summed E-state index contributed by atoms with van der Waals surface area (Å²) in [4.78, 5) is 0. The lowest BCUT2D eigenvalue weighted by atomic mass is 9.78. The summed E-state index contributed by atoms with van der Waals surface area (Å²) in [5, 5.41) is 12.8. The van der Waals surface area contributed by atoms with E-state index in [1.165, 1.54) is 19.3 Å². The van der Waals surface area contributed by atoms with Gasteiger partial charge in [-0.25, -0.2) is 0 Å². The maximum absolute atomic E-state index is 9.48. The van der Waals surface area contributed by atoms with Gasteiger partial charge in [-0.05, 0) is 33.1 Å². The van der Waals surface area contributed by atoms with Crippen molar-refractivity contribution < 1.29 is 9.84 Å². The molecule has 3 nitrogen and oxygen atoms in total. The number of aliphatic hydroxyl groups excluding tert-OH is 1. The molecule has 0 spiro atoms. The SMILES string of the molecule is CCOCC(O)CNC1(C)CCC1. The fourth-order valence-corrected chi connectivity index (χ4v) is 1.56. The molecule has 0 bridgehead atoms. The molecule has 3 heteroatoms. The number of hydrogen-bond acceptors (Lipinski definition) is 3.